The summed E-state index contributed by atoms with van der Waals surface area (Å²) in [5.41, 5.74) is 0. The molecule has 1 fully saturated rings. The molecule has 6 atom stereocenters. The minimum atomic E-state index is -1.54. The van der Waals surface area contributed by atoms with Gasteiger partial charge in [-0.3, -0.25) is 4.79 Å². The lowest BCUT2D eigenvalue weighted by molar-refractivity contribution is -0.267. The van der Waals surface area contributed by atoms with Gasteiger partial charge < -0.3 is 35.2 Å². The molecule has 1 aliphatic heterocycles. The summed E-state index contributed by atoms with van der Waals surface area (Å²) in [5, 5.41) is 40.3. The minimum absolute atomic E-state index is 0.129. The highest BCUT2D eigenvalue weighted by atomic mass is 16.6. The quantitative estimate of drug-likeness (QED) is 0.372. The summed E-state index contributed by atoms with van der Waals surface area (Å²) < 4.78 is 10.2. The van der Waals surface area contributed by atoms with Crippen molar-refractivity contribution in [3.05, 3.63) is 0 Å². The second-order valence-electron chi connectivity index (χ2n) is 4.77. The SMILES string of the molecule is CCC(=O)N[C@H]1C(O)OC(CO)[C@@H](O)[C@@H]1O[C@H](C)C(=O)O. The van der Waals surface area contributed by atoms with Crippen molar-refractivity contribution >= 4 is 11.9 Å². The van der Waals surface area contributed by atoms with Crippen molar-refractivity contribution < 1.29 is 39.5 Å². The predicted octanol–water partition coefficient (Wildman–Crippen LogP) is -2.19. The number of carbonyl (C=O) groups excluding carboxylic acids is 1. The van der Waals surface area contributed by atoms with Crippen LogP contribution in [0.15, 0.2) is 0 Å². The van der Waals surface area contributed by atoms with Crippen LogP contribution in [0.2, 0.25) is 0 Å². The molecule has 21 heavy (non-hydrogen) atoms. The molecule has 2 unspecified atom stereocenters. The van der Waals surface area contributed by atoms with Crippen LogP contribution in [0, 0.1) is 0 Å². The summed E-state index contributed by atoms with van der Waals surface area (Å²) >= 11 is 0. The van der Waals surface area contributed by atoms with Crippen molar-refractivity contribution in [2.45, 2.75) is 57.0 Å². The smallest absolute Gasteiger partial charge is 0.332 e. The molecule has 0 aromatic rings. The van der Waals surface area contributed by atoms with E-state index < -0.39 is 55.2 Å². The molecule has 0 aromatic carbocycles. The average Bonchev–Trinajstić information content (AvgIpc) is 2.45. The maximum absolute atomic E-state index is 11.5. The molecule has 1 saturated heterocycles. The van der Waals surface area contributed by atoms with Crippen molar-refractivity contribution in [3.63, 3.8) is 0 Å². The molecule has 5 N–H and O–H groups in total. The molecule has 0 aromatic heterocycles. The van der Waals surface area contributed by atoms with Crippen LogP contribution in [0.1, 0.15) is 20.3 Å². The van der Waals surface area contributed by atoms with E-state index in [2.05, 4.69) is 5.32 Å². The van der Waals surface area contributed by atoms with Crippen LogP contribution in [-0.2, 0) is 19.1 Å². The van der Waals surface area contributed by atoms with Crippen molar-refractivity contribution in [2.24, 2.45) is 0 Å². The number of aliphatic hydroxyl groups excluding tert-OH is 3. The Labute approximate surface area is 121 Å². The second-order valence-corrected chi connectivity index (χ2v) is 4.77. The molecular weight excluding hydrogens is 286 g/mol. The zero-order chi connectivity index (χ0) is 16.2. The molecule has 0 spiro atoms. The summed E-state index contributed by atoms with van der Waals surface area (Å²) in [6, 6.07) is -1.14. The van der Waals surface area contributed by atoms with Crippen LogP contribution in [0.25, 0.3) is 0 Å². The topological polar surface area (TPSA) is 146 Å². The summed E-state index contributed by atoms with van der Waals surface area (Å²) in [6.07, 6.45) is -6.44. The first-order valence-electron chi connectivity index (χ1n) is 6.61. The van der Waals surface area contributed by atoms with Gasteiger partial charge in [-0.2, -0.15) is 0 Å². The number of hydrogen-bond acceptors (Lipinski definition) is 7. The Bertz CT molecular complexity index is 376. The summed E-state index contributed by atoms with van der Waals surface area (Å²) in [4.78, 5) is 22.3. The highest BCUT2D eigenvalue weighted by Crippen LogP contribution is 2.23. The van der Waals surface area contributed by atoms with Crippen molar-refractivity contribution in [1.29, 1.82) is 0 Å². The minimum Gasteiger partial charge on any atom is -0.479 e. The molecule has 9 heteroatoms. The lowest BCUT2D eigenvalue weighted by atomic mass is 9.96. The Hall–Kier alpha value is -1.26. The van der Waals surface area contributed by atoms with E-state index in [1.165, 1.54) is 6.92 Å². The van der Waals surface area contributed by atoms with Crippen LogP contribution < -0.4 is 5.32 Å². The van der Waals surface area contributed by atoms with Crippen LogP contribution in [0.3, 0.4) is 0 Å². The summed E-state index contributed by atoms with van der Waals surface area (Å²) in [5.74, 6) is -1.68. The zero-order valence-electron chi connectivity index (χ0n) is 11.8. The number of aliphatic hydroxyl groups is 3. The number of carbonyl (C=O) groups is 2. The Morgan fingerprint density at radius 3 is 2.48 bits per heavy atom. The highest BCUT2D eigenvalue weighted by molar-refractivity contribution is 5.76. The number of ether oxygens (including phenoxy) is 2. The molecule has 122 valence electrons. The van der Waals surface area contributed by atoms with E-state index in [1.54, 1.807) is 6.92 Å². The molecular formula is C12H21NO8. The van der Waals surface area contributed by atoms with Gasteiger partial charge in [-0.1, -0.05) is 6.92 Å². The molecule has 0 aliphatic carbocycles. The average molecular weight is 307 g/mol. The molecule has 1 aliphatic rings. The van der Waals surface area contributed by atoms with Gasteiger partial charge in [0.05, 0.1) is 6.61 Å². The normalized spacial score (nSPS) is 34.2. The molecule has 9 nitrogen and oxygen atoms in total. The van der Waals surface area contributed by atoms with E-state index in [-0.39, 0.29) is 6.42 Å². The molecule has 1 heterocycles. The van der Waals surface area contributed by atoms with E-state index >= 15 is 0 Å². The van der Waals surface area contributed by atoms with Gasteiger partial charge in [0.2, 0.25) is 5.91 Å². The first kappa shape index (κ1) is 17.8. The monoisotopic (exact) mass is 307 g/mol. The Kier molecular flexibility index (Phi) is 6.49. The lowest BCUT2D eigenvalue weighted by Crippen LogP contribution is -2.65. The Balaban J connectivity index is 2.93. The fraction of sp³-hybridized carbons (Fsp3) is 0.833. The number of rotatable bonds is 6. The maximum atomic E-state index is 11.5. The lowest BCUT2D eigenvalue weighted by Gasteiger charge is -2.43. The van der Waals surface area contributed by atoms with Crippen molar-refractivity contribution in [3.8, 4) is 0 Å². The van der Waals surface area contributed by atoms with E-state index in [9.17, 15) is 19.8 Å². The van der Waals surface area contributed by atoms with Gasteiger partial charge in [0.1, 0.15) is 24.4 Å². The number of hydrogen-bond donors (Lipinski definition) is 5. The van der Waals surface area contributed by atoms with Crippen LogP contribution in [0.5, 0.6) is 0 Å². The summed E-state index contributed by atoms with van der Waals surface area (Å²) in [6.45, 7) is 2.26. The highest BCUT2D eigenvalue weighted by Gasteiger charge is 2.46. The van der Waals surface area contributed by atoms with E-state index in [4.69, 9.17) is 19.7 Å². The molecule has 0 radical (unpaired) electrons. The summed E-state index contributed by atoms with van der Waals surface area (Å²) in [7, 11) is 0. The first-order chi connectivity index (χ1) is 9.81. The first-order valence-corrected chi connectivity index (χ1v) is 6.61. The van der Waals surface area contributed by atoms with E-state index in [0.29, 0.717) is 0 Å². The third-order valence-corrected chi connectivity index (χ3v) is 3.23. The van der Waals surface area contributed by atoms with Gasteiger partial charge in [-0.25, -0.2) is 4.79 Å². The zero-order valence-corrected chi connectivity index (χ0v) is 11.8. The fourth-order valence-electron chi connectivity index (χ4n) is 1.98. The van der Waals surface area contributed by atoms with Crippen LogP contribution in [-0.4, -0.2) is 75.7 Å². The van der Waals surface area contributed by atoms with Gasteiger partial charge in [-0.15, -0.1) is 0 Å². The second kappa shape index (κ2) is 7.66. The van der Waals surface area contributed by atoms with Crippen molar-refractivity contribution in [2.75, 3.05) is 6.61 Å². The number of carboxylic acid groups (broad SMARTS) is 1. The molecule has 0 bridgehead atoms. The Morgan fingerprint density at radius 1 is 1.38 bits per heavy atom. The standard InChI is InChI=1S/C12H21NO8/c1-3-7(15)13-8-10(20-5(2)11(17)18)9(16)6(4-14)21-12(8)19/h5-6,8-10,12,14,16,19H,3-4H2,1-2H3,(H,13,15)(H,17,18)/t5-,6?,8-,9-,10-,12?/m1/s1. The van der Waals surface area contributed by atoms with Gasteiger partial charge in [0.15, 0.2) is 12.4 Å². The van der Waals surface area contributed by atoms with Gasteiger partial charge >= 0.3 is 5.97 Å². The number of amides is 1. The van der Waals surface area contributed by atoms with Crippen molar-refractivity contribution in [1.82, 2.24) is 5.32 Å². The van der Waals surface area contributed by atoms with E-state index in [0.717, 1.165) is 0 Å². The fourth-order valence-corrected chi connectivity index (χ4v) is 1.98. The molecule has 1 amide bonds. The number of nitrogens with one attached hydrogen (secondary N) is 1. The third-order valence-electron chi connectivity index (χ3n) is 3.23. The van der Waals surface area contributed by atoms with Crippen LogP contribution >= 0.6 is 0 Å². The maximum Gasteiger partial charge on any atom is 0.332 e. The van der Waals surface area contributed by atoms with Gasteiger partial charge in [-0.05, 0) is 6.92 Å². The largest absolute Gasteiger partial charge is 0.479 e. The van der Waals surface area contributed by atoms with E-state index in [1.807, 2.05) is 0 Å². The number of carboxylic acids is 1. The predicted molar refractivity (Wildman–Crippen MR) is 68.2 cm³/mol. The third kappa shape index (κ3) is 4.35. The van der Waals surface area contributed by atoms with Gasteiger partial charge in [0.25, 0.3) is 0 Å². The number of aliphatic carboxylic acids is 1. The molecule has 0 saturated carbocycles. The molecule has 1 rings (SSSR count). The Morgan fingerprint density at radius 2 is 2.00 bits per heavy atom. The van der Waals surface area contributed by atoms with Gasteiger partial charge in [0, 0.05) is 6.42 Å². The van der Waals surface area contributed by atoms with Crippen LogP contribution in [0.4, 0.5) is 0 Å².